The van der Waals surface area contributed by atoms with Gasteiger partial charge in [0, 0.05) is 13.1 Å². The van der Waals surface area contributed by atoms with Gasteiger partial charge in [0.15, 0.2) is 5.76 Å². The number of rotatable bonds is 6. The van der Waals surface area contributed by atoms with Crippen LogP contribution in [0.5, 0.6) is 0 Å². The van der Waals surface area contributed by atoms with E-state index in [1.165, 1.54) is 0 Å². The van der Waals surface area contributed by atoms with Crippen molar-refractivity contribution in [3.05, 3.63) is 59.5 Å². The highest BCUT2D eigenvalue weighted by Gasteiger charge is 2.18. The summed E-state index contributed by atoms with van der Waals surface area (Å²) < 4.78 is 5.42. The molecule has 5 heteroatoms. The summed E-state index contributed by atoms with van der Waals surface area (Å²) in [6, 6.07) is 13.4. The monoisotopic (exact) mass is 308 g/mol. The van der Waals surface area contributed by atoms with Crippen molar-refractivity contribution in [1.82, 2.24) is 4.90 Å². The Balaban J connectivity index is 0.00000220. The van der Waals surface area contributed by atoms with Crippen LogP contribution in [0.1, 0.15) is 28.3 Å². The normalized spacial score (nSPS) is 10.0. The number of amides is 1. The molecular formula is C16H21ClN2O2. The summed E-state index contributed by atoms with van der Waals surface area (Å²) in [6.45, 7) is 3.59. The molecule has 1 aromatic carbocycles. The van der Waals surface area contributed by atoms with Gasteiger partial charge in [0.25, 0.3) is 5.91 Å². The highest BCUT2D eigenvalue weighted by molar-refractivity contribution is 5.91. The molecule has 2 rings (SSSR count). The Bertz CT molecular complexity index is 554. The Hall–Kier alpha value is -1.78. The third-order valence-corrected chi connectivity index (χ3v) is 3.09. The molecule has 0 aliphatic carbocycles. The first-order valence-electron chi connectivity index (χ1n) is 6.80. The van der Waals surface area contributed by atoms with Gasteiger partial charge in [-0.2, -0.15) is 0 Å². The zero-order valence-electron chi connectivity index (χ0n) is 12.1. The molecular weight excluding hydrogens is 288 g/mol. The molecule has 0 saturated heterocycles. The second kappa shape index (κ2) is 8.49. The predicted molar refractivity (Wildman–Crippen MR) is 85.5 cm³/mol. The fraction of sp³-hybridized carbons (Fsp3) is 0.312. The number of nitrogens with two attached hydrogens (primary N) is 1. The lowest BCUT2D eigenvalue weighted by Crippen LogP contribution is -2.32. The summed E-state index contributed by atoms with van der Waals surface area (Å²) in [5.74, 6) is 1.04. The number of halogens is 1. The van der Waals surface area contributed by atoms with Gasteiger partial charge in [0.05, 0.1) is 0 Å². The molecule has 0 saturated carbocycles. The van der Waals surface area contributed by atoms with E-state index in [1.54, 1.807) is 17.0 Å². The Labute approximate surface area is 131 Å². The maximum absolute atomic E-state index is 12.5. The maximum atomic E-state index is 12.5. The predicted octanol–water partition coefficient (Wildman–Crippen LogP) is 3.00. The number of hydrogen-bond donors (Lipinski definition) is 1. The lowest BCUT2D eigenvalue weighted by atomic mass is 10.2. The number of carbonyl (C=O) groups excluding carboxylic acids is 1. The van der Waals surface area contributed by atoms with Gasteiger partial charge < -0.3 is 15.1 Å². The zero-order chi connectivity index (χ0) is 14.4. The topological polar surface area (TPSA) is 59.5 Å². The Morgan fingerprint density at radius 3 is 2.48 bits per heavy atom. The molecule has 0 radical (unpaired) electrons. The molecule has 21 heavy (non-hydrogen) atoms. The first-order chi connectivity index (χ1) is 9.70. The smallest absolute Gasteiger partial charge is 0.289 e. The van der Waals surface area contributed by atoms with Crippen molar-refractivity contribution in [3.63, 3.8) is 0 Å². The highest BCUT2D eigenvalue weighted by atomic mass is 35.5. The maximum Gasteiger partial charge on any atom is 0.289 e. The van der Waals surface area contributed by atoms with E-state index in [0.29, 0.717) is 25.4 Å². The summed E-state index contributed by atoms with van der Waals surface area (Å²) in [5, 5.41) is 0. The summed E-state index contributed by atoms with van der Waals surface area (Å²) >= 11 is 0. The summed E-state index contributed by atoms with van der Waals surface area (Å²) in [5.41, 5.74) is 6.65. The van der Waals surface area contributed by atoms with Crippen molar-refractivity contribution < 1.29 is 9.21 Å². The van der Waals surface area contributed by atoms with Crippen LogP contribution in [0, 0.1) is 6.92 Å². The van der Waals surface area contributed by atoms with Gasteiger partial charge in [-0.05, 0) is 37.6 Å². The fourth-order valence-electron chi connectivity index (χ4n) is 2.04. The van der Waals surface area contributed by atoms with Gasteiger partial charge in [-0.25, -0.2) is 0 Å². The minimum atomic E-state index is -0.0876. The van der Waals surface area contributed by atoms with Gasteiger partial charge in [-0.1, -0.05) is 30.3 Å². The molecule has 0 aliphatic heterocycles. The van der Waals surface area contributed by atoms with Gasteiger partial charge in [-0.15, -0.1) is 12.4 Å². The number of nitrogens with zero attached hydrogens (tertiary/aromatic N) is 1. The molecule has 4 nitrogen and oxygen atoms in total. The van der Waals surface area contributed by atoms with E-state index in [2.05, 4.69) is 0 Å². The van der Waals surface area contributed by atoms with Crippen LogP contribution >= 0.6 is 12.4 Å². The van der Waals surface area contributed by atoms with Crippen molar-refractivity contribution in [3.8, 4) is 0 Å². The van der Waals surface area contributed by atoms with Crippen LogP contribution in [0.3, 0.4) is 0 Å². The molecule has 0 fully saturated rings. The van der Waals surface area contributed by atoms with E-state index in [0.717, 1.165) is 17.7 Å². The van der Waals surface area contributed by atoms with Gasteiger partial charge in [0.1, 0.15) is 5.76 Å². The molecule has 0 bridgehead atoms. The molecule has 1 aromatic heterocycles. The Morgan fingerprint density at radius 2 is 1.90 bits per heavy atom. The van der Waals surface area contributed by atoms with E-state index in [4.69, 9.17) is 10.2 Å². The van der Waals surface area contributed by atoms with E-state index in [9.17, 15) is 4.79 Å². The van der Waals surface area contributed by atoms with Crippen molar-refractivity contribution in [2.75, 3.05) is 13.1 Å². The second-order valence-corrected chi connectivity index (χ2v) is 4.76. The standard InChI is InChI=1S/C16H20N2O2.ClH/c1-13-8-9-15(20-13)16(19)18(11-5-10-17)12-14-6-3-2-4-7-14;/h2-4,6-9H,5,10-12,17H2,1H3;1H. The van der Waals surface area contributed by atoms with Crippen molar-refractivity contribution in [1.29, 1.82) is 0 Å². The van der Waals surface area contributed by atoms with Gasteiger partial charge in [-0.3, -0.25) is 4.79 Å². The minimum absolute atomic E-state index is 0. The highest BCUT2D eigenvalue weighted by Crippen LogP contribution is 2.13. The molecule has 114 valence electrons. The molecule has 2 aromatic rings. The number of benzene rings is 1. The van der Waals surface area contributed by atoms with Crippen molar-refractivity contribution >= 4 is 18.3 Å². The van der Waals surface area contributed by atoms with E-state index >= 15 is 0 Å². The van der Waals surface area contributed by atoms with Crippen LogP contribution in [-0.2, 0) is 6.54 Å². The van der Waals surface area contributed by atoms with Crippen LogP contribution < -0.4 is 5.73 Å². The number of hydrogen-bond acceptors (Lipinski definition) is 3. The van der Waals surface area contributed by atoms with Crippen LogP contribution in [0.4, 0.5) is 0 Å². The van der Waals surface area contributed by atoms with Crippen molar-refractivity contribution in [2.24, 2.45) is 5.73 Å². The summed E-state index contributed by atoms with van der Waals surface area (Å²) in [4.78, 5) is 14.2. The third-order valence-electron chi connectivity index (χ3n) is 3.09. The third kappa shape index (κ3) is 4.92. The van der Waals surface area contributed by atoms with Crippen molar-refractivity contribution in [2.45, 2.75) is 19.9 Å². The molecule has 0 aliphatic rings. The second-order valence-electron chi connectivity index (χ2n) is 4.76. The van der Waals surface area contributed by atoms with E-state index in [-0.39, 0.29) is 18.3 Å². The number of aryl methyl sites for hydroxylation is 1. The van der Waals surface area contributed by atoms with E-state index < -0.39 is 0 Å². The van der Waals surface area contributed by atoms with Gasteiger partial charge >= 0.3 is 0 Å². The zero-order valence-corrected chi connectivity index (χ0v) is 12.9. The molecule has 1 amide bonds. The number of furan rings is 1. The molecule has 1 heterocycles. The summed E-state index contributed by atoms with van der Waals surface area (Å²) in [7, 11) is 0. The Kier molecular flexibility index (Phi) is 6.99. The first kappa shape index (κ1) is 17.3. The molecule has 2 N–H and O–H groups in total. The molecule has 0 unspecified atom stereocenters. The average molecular weight is 309 g/mol. The average Bonchev–Trinajstić information content (AvgIpc) is 2.90. The quantitative estimate of drug-likeness (QED) is 0.892. The minimum Gasteiger partial charge on any atom is -0.456 e. The molecule has 0 atom stereocenters. The SMILES string of the molecule is Cc1ccc(C(=O)N(CCCN)Cc2ccccc2)o1.Cl. The Morgan fingerprint density at radius 1 is 1.19 bits per heavy atom. The number of carbonyl (C=O) groups is 1. The molecule has 0 spiro atoms. The van der Waals surface area contributed by atoms with Crippen LogP contribution in [-0.4, -0.2) is 23.9 Å². The van der Waals surface area contributed by atoms with Crippen LogP contribution in [0.15, 0.2) is 46.9 Å². The summed E-state index contributed by atoms with van der Waals surface area (Å²) in [6.07, 6.45) is 0.776. The largest absolute Gasteiger partial charge is 0.456 e. The fourth-order valence-corrected chi connectivity index (χ4v) is 2.04. The van der Waals surface area contributed by atoms with Crippen LogP contribution in [0.2, 0.25) is 0 Å². The lowest BCUT2D eigenvalue weighted by molar-refractivity contribution is 0.0708. The van der Waals surface area contributed by atoms with Crippen LogP contribution in [0.25, 0.3) is 0 Å². The lowest BCUT2D eigenvalue weighted by Gasteiger charge is -2.21. The van der Waals surface area contributed by atoms with Gasteiger partial charge in [0.2, 0.25) is 0 Å². The first-order valence-corrected chi connectivity index (χ1v) is 6.80. The van der Waals surface area contributed by atoms with E-state index in [1.807, 2.05) is 37.3 Å².